The van der Waals surface area contributed by atoms with Crippen LogP contribution in [0.25, 0.3) is 0 Å². The second-order valence-corrected chi connectivity index (χ2v) is 9.04. The van der Waals surface area contributed by atoms with Gasteiger partial charge in [0.25, 0.3) is 11.8 Å². The quantitative estimate of drug-likeness (QED) is 0.689. The van der Waals surface area contributed by atoms with Gasteiger partial charge in [-0.15, -0.1) is 0 Å². The van der Waals surface area contributed by atoms with Gasteiger partial charge in [-0.25, -0.2) is 12.7 Å². The fourth-order valence-corrected chi connectivity index (χ4v) is 3.98. The smallest absolute Gasteiger partial charge is 0.276 e. The first kappa shape index (κ1) is 20.8. The summed E-state index contributed by atoms with van der Waals surface area (Å²) in [4.78, 5) is 24.2. The third-order valence-corrected chi connectivity index (χ3v) is 6.44. The van der Waals surface area contributed by atoms with E-state index in [-0.39, 0.29) is 17.1 Å². The van der Waals surface area contributed by atoms with E-state index in [9.17, 15) is 18.0 Å². The van der Waals surface area contributed by atoms with Gasteiger partial charge < -0.3 is 4.74 Å². The molecule has 0 saturated carbocycles. The zero-order valence-electron chi connectivity index (χ0n) is 16.3. The molecule has 2 amide bonds. The number of aryl methyl sites for hydroxylation is 2. The summed E-state index contributed by atoms with van der Waals surface area (Å²) in [6.07, 6.45) is 3.21. The van der Waals surface area contributed by atoms with Crippen LogP contribution in [-0.2, 0) is 27.7 Å². The van der Waals surface area contributed by atoms with Crippen LogP contribution in [0.1, 0.15) is 27.9 Å². The highest BCUT2D eigenvalue weighted by molar-refractivity contribution is 7.89. The molecule has 0 radical (unpaired) electrons. The van der Waals surface area contributed by atoms with Crippen molar-refractivity contribution >= 4 is 21.8 Å². The molecule has 0 bridgehead atoms. The van der Waals surface area contributed by atoms with Crippen molar-refractivity contribution in [3.05, 3.63) is 59.2 Å². The van der Waals surface area contributed by atoms with Crippen molar-refractivity contribution in [2.75, 3.05) is 20.7 Å². The summed E-state index contributed by atoms with van der Waals surface area (Å²) in [6.45, 7) is -0.256. The molecular formula is C20H23N3O5S. The van der Waals surface area contributed by atoms with E-state index < -0.39 is 21.8 Å². The van der Waals surface area contributed by atoms with E-state index >= 15 is 0 Å². The zero-order chi connectivity index (χ0) is 21.0. The van der Waals surface area contributed by atoms with Crippen molar-refractivity contribution in [3.8, 4) is 5.75 Å². The van der Waals surface area contributed by atoms with E-state index in [1.54, 1.807) is 0 Å². The average molecular weight is 417 g/mol. The number of nitrogens with one attached hydrogen (secondary N) is 2. The number of carbonyl (C=O) groups excluding carboxylic acids is 2. The fourth-order valence-electron chi connectivity index (χ4n) is 3.03. The summed E-state index contributed by atoms with van der Waals surface area (Å²) in [5, 5.41) is 0. The molecule has 0 atom stereocenters. The van der Waals surface area contributed by atoms with Crippen LogP contribution in [0.4, 0.5) is 0 Å². The van der Waals surface area contributed by atoms with Gasteiger partial charge in [-0.2, -0.15) is 0 Å². The number of nitrogens with zero attached hydrogens (tertiary/aromatic N) is 1. The molecule has 0 saturated heterocycles. The van der Waals surface area contributed by atoms with Crippen molar-refractivity contribution in [1.82, 2.24) is 15.2 Å². The predicted octanol–water partition coefficient (Wildman–Crippen LogP) is 1.27. The highest BCUT2D eigenvalue weighted by Crippen LogP contribution is 2.25. The third-order valence-electron chi connectivity index (χ3n) is 4.63. The lowest BCUT2D eigenvalue weighted by molar-refractivity contribution is -0.123. The first-order valence-corrected chi connectivity index (χ1v) is 10.6. The number of carbonyl (C=O) groups is 2. The molecule has 2 aromatic rings. The van der Waals surface area contributed by atoms with Crippen molar-refractivity contribution < 1.29 is 22.7 Å². The Morgan fingerprint density at radius 1 is 1.03 bits per heavy atom. The Morgan fingerprint density at radius 2 is 1.79 bits per heavy atom. The Labute approximate surface area is 169 Å². The van der Waals surface area contributed by atoms with E-state index in [1.165, 1.54) is 49.5 Å². The number of benzene rings is 2. The highest BCUT2D eigenvalue weighted by Gasteiger charge is 2.19. The van der Waals surface area contributed by atoms with Crippen LogP contribution in [-0.4, -0.2) is 45.2 Å². The summed E-state index contributed by atoms with van der Waals surface area (Å²) >= 11 is 0. The number of amides is 2. The summed E-state index contributed by atoms with van der Waals surface area (Å²) in [5.41, 5.74) is 7.18. The van der Waals surface area contributed by atoms with E-state index in [2.05, 4.69) is 10.9 Å². The van der Waals surface area contributed by atoms with Crippen LogP contribution in [0.2, 0.25) is 0 Å². The van der Waals surface area contributed by atoms with Gasteiger partial charge in [0, 0.05) is 19.7 Å². The Kier molecular flexibility index (Phi) is 6.19. The number of hydrogen-bond donors (Lipinski definition) is 2. The number of rotatable bonds is 6. The summed E-state index contributed by atoms with van der Waals surface area (Å²) in [6, 6.07) is 11.3. The van der Waals surface area contributed by atoms with E-state index in [0.717, 1.165) is 23.6 Å². The first-order valence-electron chi connectivity index (χ1n) is 9.14. The standard InChI is InChI=1S/C20H23N3O5S/c1-23(2)29(26,27)18-8-4-7-16(12-18)20(25)22-21-19(24)13-28-17-10-9-14-5-3-6-15(14)11-17/h4,7-12H,3,5-6,13H2,1-2H3,(H,21,24)(H,22,25). The number of hydrazine groups is 1. The molecule has 0 aliphatic heterocycles. The van der Waals surface area contributed by atoms with Crippen LogP contribution in [0, 0.1) is 0 Å². The third kappa shape index (κ3) is 4.93. The van der Waals surface area contributed by atoms with Gasteiger partial charge in [-0.1, -0.05) is 12.1 Å². The first-order chi connectivity index (χ1) is 13.8. The Bertz CT molecular complexity index is 1030. The molecule has 154 valence electrons. The maximum Gasteiger partial charge on any atom is 0.276 e. The van der Waals surface area contributed by atoms with Gasteiger partial charge in [0.1, 0.15) is 5.75 Å². The molecule has 8 nitrogen and oxygen atoms in total. The number of sulfonamides is 1. The van der Waals surface area contributed by atoms with Gasteiger partial charge in [0.2, 0.25) is 10.0 Å². The van der Waals surface area contributed by atoms with E-state index in [4.69, 9.17) is 4.74 Å². The second kappa shape index (κ2) is 8.62. The lowest BCUT2D eigenvalue weighted by atomic mass is 10.1. The molecule has 29 heavy (non-hydrogen) atoms. The van der Waals surface area contributed by atoms with Crippen LogP contribution >= 0.6 is 0 Å². The minimum absolute atomic E-state index is 0.0126. The Balaban J connectivity index is 1.53. The van der Waals surface area contributed by atoms with Crippen molar-refractivity contribution in [2.24, 2.45) is 0 Å². The lowest BCUT2D eigenvalue weighted by Crippen LogP contribution is -2.43. The fraction of sp³-hybridized carbons (Fsp3) is 0.300. The van der Waals surface area contributed by atoms with Crippen molar-refractivity contribution in [3.63, 3.8) is 0 Å². The van der Waals surface area contributed by atoms with Crippen LogP contribution in [0.15, 0.2) is 47.4 Å². The molecule has 0 heterocycles. The van der Waals surface area contributed by atoms with Gasteiger partial charge in [-0.05, 0) is 60.7 Å². The highest BCUT2D eigenvalue weighted by atomic mass is 32.2. The van der Waals surface area contributed by atoms with Crippen LogP contribution < -0.4 is 15.6 Å². The zero-order valence-corrected chi connectivity index (χ0v) is 17.1. The van der Waals surface area contributed by atoms with Gasteiger partial charge in [0.15, 0.2) is 6.61 Å². The second-order valence-electron chi connectivity index (χ2n) is 6.89. The van der Waals surface area contributed by atoms with Gasteiger partial charge in [-0.3, -0.25) is 20.4 Å². The summed E-state index contributed by atoms with van der Waals surface area (Å²) in [5.74, 6) is -0.559. The maximum atomic E-state index is 12.2. The SMILES string of the molecule is CN(C)S(=O)(=O)c1cccc(C(=O)NNC(=O)COc2ccc3c(c2)CCC3)c1. The lowest BCUT2D eigenvalue weighted by Gasteiger charge is -2.13. The molecule has 3 rings (SSSR count). The topological polar surface area (TPSA) is 105 Å². The number of fused-ring (bicyclic) bond motifs is 1. The normalized spacial score (nSPS) is 13.1. The number of hydrogen-bond acceptors (Lipinski definition) is 5. The average Bonchev–Trinajstić information content (AvgIpc) is 3.18. The molecule has 0 unspecified atom stereocenters. The molecule has 1 aliphatic rings. The molecule has 0 fully saturated rings. The molecule has 0 spiro atoms. The summed E-state index contributed by atoms with van der Waals surface area (Å²) < 4.78 is 30.9. The monoisotopic (exact) mass is 417 g/mol. The number of ether oxygens (including phenoxy) is 1. The minimum atomic E-state index is -3.66. The largest absolute Gasteiger partial charge is 0.484 e. The Hall–Kier alpha value is -2.91. The van der Waals surface area contributed by atoms with Gasteiger partial charge in [0.05, 0.1) is 4.90 Å². The van der Waals surface area contributed by atoms with Crippen molar-refractivity contribution in [1.29, 1.82) is 0 Å². The summed E-state index contributed by atoms with van der Waals surface area (Å²) in [7, 11) is -0.850. The minimum Gasteiger partial charge on any atom is -0.484 e. The predicted molar refractivity (Wildman–Crippen MR) is 107 cm³/mol. The van der Waals surface area contributed by atoms with Crippen molar-refractivity contribution in [2.45, 2.75) is 24.2 Å². The molecule has 9 heteroatoms. The molecule has 1 aliphatic carbocycles. The van der Waals surface area contributed by atoms with Crippen LogP contribution in [0.3, 0.4) is 0 Å². The molecular weight excluding hydrogens is 394 g/mol. The maximum absolute atomic E-state index is 12.2. The molecule has 2 aromatic carbocycles. The Morgan fingerprint density at radius 3 is 2.55 bits per heavy atom. The van der Waals surface area contributed by atoms with Gasteiger partial charge >= 0.3 is 0 Å². The van der Waals surface area contributed by atoms with E-state index in [1.807, 2.05) is 18.2 Å². The molecule has 2 N–H and O–H groups in total. The van der Waals surface area contributed by atoms with Crippen LogP contribution in [0.5, 0.6) is 5.75 Å². The molecule has 0 aromatic heterocycles. The van der Waals surface area contributed by atoms with E-state index in [0.29, 0.717) is 5.75 Å².